The van der Waals surface area contributed by atoms with Crippen molar-refractivity contribution in [3.63, 3.8) is 0 Å². The average Bonchev–Trinajstić information content (AvgIpc) is 3.69. The van der Waals surface area contributed by atoms with Gasteiger partial charge in [-0.3, -0.25) is 38.5 Å². The highest BCUT2D eigenvalue weighted by atomic mass is 35.5. The minimum Gasteiger partial charge on any atom is -0.352 e. The zero-order valence-electron chi connectivity index (χ0n) is 26.7. The van der Waals surface area contributed by atoms with Crippen LogP contribution in [0.2, 0.25) is 20.1 Å². The molecule has 0 radical (unpaired) electrons. The number of carbonyl (C=O) groups excluding carboxylic acids is 2. The van der Waals surface area contributed by atoms with Crippen LogP contribution in [-0.2, 0) is 35.8 Å². The molecule has 0 aliphatic heterocycles. The van der Waals surface area contributed by atoms with Crippen molar-refractivity contribution in [2.24, 2.45) is 0 Å². The second-order valence-electron chi connectivity index (χ2n) is 11.2. The smallest absolute Gasteiger partial charge is 0.280 e. The monoisotopic (exact) mass is 758 g/mol. The van der Waals surface area contributed by atoms with Gasteiger partial charge in [0.25, 0.3) is 11.1 Å². The van der Waals surface area contributed by atoms with Crippen LogP contribution in [0.3, 0.4) is 0 Å². The van der Waals surface area contributed by atoms with Crippen LogP contribution in [-0.4, -0.2) is 51.1 Å². The maximum absolute atomic E-state index is 12.3. The number of hydrogen-bond acceptors (Lipinski definition) is 10. The summed E-state index contributed by atoms with van der Waals surface area (Å²) in [6.45, 7) is 4.61. The molecule has 0 unspecified atom stereocenters. The van der Waals surface area contributed by atoms with E-state index in [1.807, 2.05) is 12.1 Å². The van der Waals surface area contributed by atoms with Gasteiger partial charge in [0.2, 0.25) is 11.9 Å². The first-order chi connectivity index (χ1) is 23.9. The first-order valence-corrected chi connectivity index (χ1v) is 16.6. The Hall–Kier alpha value is -4.76. The summed E-state index contributed by atoms with van der Waals surface area (Å²) in [4.78, 5) is 60.6. The lowest BCUT2D eigenvalue weighted by Gasteiger charge is -2.07. The van der Waals surface area contributed by atoms with Crippen LogP contribution < -0.4 is 21.8 Å². The third-order valence-electron chi connectivity index (χ3n) is 7.18. The van der Waals surface area contributed by atoms with E-state index < -0.39 is 0 Å². The van der Waals surface area contributed by atoms with Gasteiger partial charge in [-0.25, -0.2) is 9.97 Å². The molecule has 18 heteroatoms. The van der Waals surface area contributed by atoms with E-state index in [1.54, 1.807) is 35.1 Å². The van der Waals surface area contributed by atoms with Gasteiger partial charge in [0, 0.05) is 39.0 Å². The van der Waals surface area contributed by atoms with Crippen LogP contribution in [0.4, 0.5) is 11.9 Å². The molecule has 6 rings (SSSR count). The van der Waals surface area contributed by atoms with E-state index in [1.165, 1.54) is 24.7 Å². The number of rotatable bonds is 12. The quantitative estimate of drug-likeness (QED) is 0.115. The van der Waals surface area contributed by atoms with Gasteiger partial charge in [0.1, 0.15) is 22.6 Å². The molecule has 4 aromatic heterocycles. The van der Waals surface area contributed by atoms with Crippen molar-refractivity contribution in [1.29, 1.82) is 0 Å². The van der Waals surface area contributed by atoms with E-state index in [9.17, 15) is 19.2 Å². The highest BCUT2D eigenvalue weighted by Gasteiger charge is 2.12. The Bertz CT molecular complexity index is 2250. The Morgan fingerprint density at radius 1 is 0.740 bits per heavy atom. The van der Waals surface area contributed by atoms with Gasteiger partial charge in [0.15, 0.2) is 11.0 Å². The third-order valence-corrected chi connectivity index (χ3v) is 8.66. The molecule has 0 aliphatic carbocycles. The van der Waals surface area contributed by atoms with E-state index in [0.29, 0.717) is 87.6 Å². The number of ketones is 2. The third kappa shape index (κ3) is 9.47. The maximum atomic E-state index is 12.3. The molecule has 0 saturated heterocycles. The summed E-state index contributed by atoms with van der Waals surface area (Å²) in [7, 11) is 0. The largest absolute Gasteiger partial charge is 0.352 e. The van der Waals surface area contributed by atoms with E-state index in [4.69, 9.17) is 46.4 Å². The topological polar surface area (TPSA) is 185 Å². The Morgan fingerprint density at radius 2 is 1.28 bits per heavy atom. The number of aromatic amines is 2. The Morgan fingerprint density at radius 3 is 1.84 bits per heavy atom. The number of H-pyrrole nitrogens is 2. The zero-order valence-corrected chi connectivity index (χ0v) is 29.7. The molecular formula is C32H30Cl4N10O4. The highest BCUT2D eigenvalue weighted by Crippen LogP contribution is 2.24. The second-order valence-corrected chi connectivity index (χ2v) is 12.8. The lowest BCUT2D eigenvalue weighted by molar-refractivity contribution is -0.118. The van der Waals surface area contributed by atoms with Crippen LogP contribution in [0.15, 0.2) is 58.4 Å². The van der Waals surface area contributed by atoms with Crippen molar-refractivity contribution in [3.05, 3.63) is 101 Å². The summed E-state index contributed by atoms with van der Waals surface area (Å²) < 4.78 is 3.04. The first-order valence-electron chi connectivity index (χ1n) is 15.1. The number of nitrogens with one attached hydrogen (secondary N) is 4. The molecule has 2 aromatic carbocycles. The van der Waals surface area contributed by atoms with Gasteiger partial charge in [-0.15, -0.1) is 0 Å². The molecule has 0 fully saturated rings. The van der Waals surface area contributed by atoms with E-state index in [0.717, 1.165) is 11.1 Å². The standard InChI is InChI=1S/2C16H15Cl2N5O2/c1-9(24)4-5-23-8-13-14(22-23)15(25)21-16(20-13)19-7-10-2-3-11(17)12(18)6-10;1-9(24)4-5-23-14-13(8-20-23)21-16(22-15(14)25)19-7-10-2-3-11(17)12(18)6-10/h2-3,6,8H,4-5,7H2,1H3,(H2,19,20,21,25);2-3,6,8H,4-5,7H2,1H3,(H2,19,21,22,25). The Kier molecular flexibility index (Phi) is 11.9. The predicted octanol–water partition coefficient (Wildman–Crippen LogP) is 6.04. The zero-order chi connectivity index (χ0) is 35.9. The molecule has 0 atom stereocenters. The number of carbonyl (C=O) groups is 2. The van der Waals surface area contributed by atoms with Gasteiger partial charge in [-0.2, -0.15) is 10.2 Å². The number of nitrogens with zero attached hydrogens (tertiary/aromatic N) is 6. The number of fused-ring (bicyclic) bond motifs is 2. The number of anilines is 2. The average molecular weight is 760 g/mol. The molecule has 0 bridgehead atoms. The first kappa shape index (κ1) is 36.5. The lowest BCUT2D eigenvalue weighted by Crippen LogP contribution is -2.16. The van der Waals surface area contributed by atoms with Crippen molar-refractivity contribution in [2.75, 3.05) is 10.6 Å². The molecule has 0 spiro atoms. The molecule has 14 nitrogen and oxygen atoms in total. The number of aromatic nitrogens is 8. The van der Waals surface area contributed by atoms with E-state index in [2.05, 4.69) is 40.8 Å². The fourth-order valence-corrected chi connectivity index (χ4v) is 5.27. The minimum atomic E-state index is -0.344. The number of halogens is 4. The van der Waals surface area contributed by atoms with Gasteiger partial charge in [-0.1, -0.05) is 58.5 Å². The normalized spacial score (nSPS) is 11.0. The second kappa shape index (κ2) is 16.3. The molecule has 0 amide bonds. The van der Waals surface area contributed by atoms with Gasteiger partial charge in [0.05, 0.1) is 32.5 Å². The summed E-state index contributed by atoms with van der Waals surface area (Å²) in [5, 5.41) is 16.3. The lowest BCUT2D eigenvalue weighted by atomic mass is 10.2. The maximum Gasteiger partial charge on any atom is 0.280 e. The molecule has 0 saturated carbocycles. The number of aryl methyl sites for hydroxylation is 2. The van der Waals surface area contributed by atoms with Crippen LogP contribution in [0.5, 0.6) is 0 Å². The van der Waals surface area contributed by atoms with Gasteiger partial charge in [-0.05, 0) is 49.2 Å². The summed E-state index contributed by atoms with van der Waals surface area (Å²) in [5.41, 5.74) is 2.65. The molecule has 0 aliphatic rings. The summed E-state index contributed by atoms with van der Waals surface area (Å²) >= 11 is 23.7. The molecule has 4 heterocycles. The van der Waals surface area contributed by atoms with Crippen molar-refractivity contribution in [3.8, 4) is 0 Å². The van der Waals surface area contributed by atoms with Gasteiger partial charge >= 0.3 is 0 Å². The summed E-state index contributed by atoms with van der Waals surface area (Å²) in [6.07, 6.45) is 3.83. The molecule has 50 heavy (non-hydrogen) atoms. The van der Waals surface area contributed by atoms with Crippen molar-refractivity contribution in [1.82, 2.24) is 39.5 Å². The van der Waals surface area contributed by atoms with Crippen molar-refractivity contribution in [2.45, 2.75) is 52.9 Å². The van der Waals surface area contributed by atoms with Crippen LogP contribution in [0.1, 0.15) is 37.8 Å². The molecule has 6 aromatic rings. The number of Topliss-reactive ketones (excluding diaryl/α,β-unsaturated/α-hetero) is 2. The van der Waals surface area contributed by atoms with Crippen LogP contribution in [0, 0.1) is 0 Å². The molecular weight excluding hydrogens is 730 g/mol. The predicted molar refractivity (Wildman–Crippen MR) is 194 cm³/mol. The van der Waals surface area contributed by atoms with Crippen LogP contribution in [0.25, 0.3) is 22.1 Å². The minimum absolute atomic E-state index is 0.0351. The SMILES string of the molecule is CC(=O)CCn1cc2nc(NCc3ccc(Cl)c(Cl)c3)[nH]c(=O)c2n1.CC(=O)CCn1ncc2nc(NCc3ccc(Cl)c(Cl)c3)[nH]c(=O)c21. The Labute approximate surface area is 304 Å². The van der Waals surface area contributed by atoms with Crippen molar-refractivity contribution >= 4 is 91.9 Å². The fraction of sp³-hybridized carbons (Fsp3) is 0.250. The van der Waals surface area contributed by atoms with Crippen LogP contribution >= 0.6 is 46.4 Å². The number of hydrogen-bond donors (Lipinski definition) is 4. The number of benzene rings is 2. The summed E-state index contributed by atoms with van der Waals surface area (Å²) in [5.74, 6) is 0.753. The van der Waals surface area contributed by atoms with E-state index >= 15 is 0 Å². The summed E-state index contributed by atoms with van der Waals surface area (Å²) in [6, 6.07) is 10.6. The highest BCUT2D eigenvalue weighted by molar-refractivity contribution is 6.42. The van der Waals surface area contributed by atoms with E-state index in [-0.39, 0.29) is 28.2 Å². The van der Waals surface area contributed by atoms with Gasteiger partial charge < -0.3 is 10.6 Å². The van der Waals surface area contributed by atoms with Crippen molar-refractivity contribution < 1.29 is 9.59 Å². The molecule has 4 N–H and O–H groups in total. The fourth-order valence-electron chi connectivity index (χ4n) is 4.63. The Balaban J connectivity index is 0.000000194. The molecule has 260 valence electrons.